The first-order valence-electron chi connectivity index (χ1n) is 11.4. The Bertz CT molecular complexity index is 1470. The Morgan fingerprint density at radius 2 is 1.76 bits per heavy atom. The molecule has 2 aliphatic rings. The number of ether oxygens (including phenoxy) is 1. The number of rotatable bonds is 3. The van der Waals surface area contributed by atoms with Crippen LogP contribution in [0.4, 0.5) is 30.4 Å². The Kier molecular flexibility index (Phi) is 5.81. The van der Waals surface area contributed by atoms with Gasteiger partial charge in [0.1, 0.15) is 11.5 Å². The Morgan fingerprint density at radius 3 is 2.38 bits per heavy atom. The quantitative estimate of drug-likeness (QED) is 0.469. The van der Waals surface area contributed by atoms with Gasteiger partial charge in [0.25, 0.3) is 10.0 Å². The zero-order chi connectivity index (χ0) is 26.6. The lowest BCUT2D eigenvalue weighted by molar-refractivity contribution is -0.141. The van der Waals surface area contributed by atoms with Crippen molar-refractivity contribution in [1.82, 2.24) is 10.4 Å². The lowest BCUT2D eigenvalue weighted by atomic mass is 9.87. The molecule has 0 saturated heterocycles. The number of benzene rings is 2. The van der Waals surface area contributed by atoms with Crippen LogP contribution in [0, 0.1) is 0 Å². The Labute approximate surface area is 212 Å². The molecule has 3 aromatic rings. The van der Waals surface area contributed by atoms with Gasteiger partial charge in [0.15, 0.2) is 6.40 Å². The first-order chi connectivity index (χ1) is 17.3. The topological polar surface area (TPSA) is 95.9 Å². The largest absolute Gasteiger partial charge is 0.453 e. The number of halogens is 3. The summed E-state index contributed by atoms with van der Waals surface area (Å²) in [4.78, 5) is 3.81. The highest BCUT2D eigenvalue weighted by Crippen LogP contribution is 2.41. The molecule has 0 spiro atoms. The Morgan fingerprint density at radius 1 is 1.03 bits per heavy atom. The number of anilines is 3. The minimum atomic E-state index is -4.65. The fraction of sp³-hybridized carbons (Fsp3) is 0.280. The van der Waals surface area contributed by atoms with Crippen molar-refractivity contribution in [1.29, 1.82) is 0 Å². The van der Waals surface area contributed by atoms with E-state index in [0.29, 0.717) is 11.1 Å². The van der Waals surface area contributed by atoms with Crippen LogP contribution in [0.3, 0.4) is 0 Å². The van der Waals surface area contributed by atoms with E-state index in [4.69, 9.17) is 4.74 Å². The van der Waals surface area contributed by atoms with Crippen molar-refractivity contribution in [3.8, 4) is 0 Å². The molecule has 0 aliphatic carbocycles. The summed E-state index contributed by atoms with van der Waals surface area (Å²) in [5.41, 5.74) is 3.87. The number of nitrogens with one attached hydrogen (secondary N) is 2. The highest BCUT2D eigenvalue weighted by molar-refractivity contribution is 7.92. The number of hydrazone groups is 1. The fourth-order valence-electron chi connectivity index (χ4n) is 4.11. The lowest BCUT2D eigenvalue weighted by Crippen LogP contribution is -2.30. The molecular formula is C25H24F3N5O3S. The summed E-state index contributed by atoms with van der Waals surface area (Å²) in [5, 5.41) is 6.73. The van der Waals surface area contributed by atoms with E-state index in [-0.39, 0.29) is 34.0 Å². The van der Waals surface area contributed by atoms with Crippen LogP contribution in [0.25, 0.3) is 0 Å². The highest BCUT2D eigenvalue weighted by Gasteiger charge is 2.36. The third-order valence-electron chi connectivity index (χ3n) is 6.18. The number of alkyl halides is 3. The van der Waals surface area contributed by atoms with E-state index in [1.165, 1.54) is 16.8 Å². The monoisotopic (exact) mass is 531 g/mol. The van der Waals surface area contributed by atoms with Crippen LogP contribution in [-0.4, -0.2) is 19.8 Å². The third-order valence-corrected chi connectivity index (χ3v) is 7.95. The van der Waals surface area contributed by atoms with Gasteiger partial charge in [-0.1, -0.05) is 45.0 Å². The molecular weight excluding hydrogens is 507 g/mol. The molecule has 2 N–H and O–H groups in total. The van der Waals surface area contributed by atoms with Crippen LogP contribution in [0.1, 0.15) is 49.4 Å². The number of fused-ring (bicyclic) bond motifs is 2. The minimum Gasteiger partial charge on any atom is -0.453 e. The van der Waals surface area contributed by atoms with E-state index in [9.17, 15) is 21.6 Å². The normalized spacial score (nSPS) is 17.2. The zero-order valence-corrected chi connectivity index (χ0v) is 21.0. The molecule has 0 radical (unpaired) electrons. The first kappa shape index (κ1) is 24.9. The number of hydrogen-bond donors (Lipinski definition) is 2. The standard InChI is InChI=1S/C25H24F3N5O3S/c1-24(2,3)17-6-8-18(9-7-17)37(34,35)33-13-16-5-11-21(25(26,27)28)31-22(16)30-19-10-4-15(12-20(19)33)23-32-29-14-36-23/h4-12,14,23,32H,13H2,1-3H3,(H,30,31). The van der Waals surface area contributed by atoms with Gasteiger partial charge in [-0.25, -0.2) is 13.4 Å². The van der Waals surface area contributed by atoms with Crippen molar-refractivity contribution >= 4 is 33.6 Å². The van der Waals surface area contributed by atoms with Crippen LogP contribution in [-0.2, 0) is 32.9 Å². The van der Waals surface area contributed by atoms with E-state index in [1.807, 2.05) is 20.8 Å². The Balaban J connectivity index is 1.64. The van der Waals surface area contributed by atoms with Crippen molar-refractivity contribution < 1.29 is 26.3 Å². The van der Waals surface area contributed by atoms with Gasteiger partial charge in [-0.15, -0.1) is 5.10 Å². The zero-order valence-electron chi connectivity index (χ0n) is 20.2. The van der Waals surface area contributed by atoms with Crippen LogP contribution in [0.15, 0.2) is 64.6 Å². The van der Waals surface area contributed by atoms with Gasteiger partial charge in [0.2, 0.25) is 6.23 Å². The molecule has 5 rings (SSSR count). The third kappa shape index (κ3) is 4.68. The van der Waals surface area contributed by atoms with E-state index >= 15 is 0 Å². The number of nitrogens with zero attached hydrogens (tertiary/aromatic N) is 3. The molecule has 1 unspecified atom stereocenters. The maximum absolute atomic E-state index is 14.0. The molecule has 3 heterocycles. The SMILES string of the molecule is CC(C)(C)c1ccc(S(=O)(=O)N2Cc3ccc(C(F)(F)F)nc3Nc3ccc(C4NN=CO4)cc32)cc1. The molecule has 1 atom stereocenters. The first-order valence-corrected chi connectivity index (χ1v) is 12.8. The predicted molar refractivity (Wildman–Crippen MR) is 133 cm³/mol. The smallest absolute Gasteiger partial charge is 0.433 e. The summed E-state index contributed by atoms with van der Waals surface area (Å²) in [6.45, 7) is 5.84. The summed E-state index contributed by atoms with van der Waals surface area (Å²) >= 11 is 0. The highest BCUT2D eigenvalue weighted by atomic mass is 32.2. The molecule has 2 aliphatic heterocycles. The van der Waals surface area contributed by atoms with Gasteiger partial charge < -0.3 is 10.1 Å². The molecule has 2 aromatic carbocycles. The second-order valence-electron chi connectivity index (χ2n) is 9.77. The number of hydrogen-bond acceptors (Lipinski definition) is 7. The van der Waals surface area contributed by atoms with E-state index in [1.54, 1.807) is 42.5 Å². The molecule has 0 fully saturated rings. The average molecular weight is 532 g/mol. The molecule has 8 nitrogen and oxygen atoms in total. The second-order valence-corrected chi connectivity index (χ2v) is 11.6. The fourth-order valence-corrected chi connectivity index (χ4v) is 5.57. The molecule has 1 aromatic heterocycles. The van der Waals surface area contributed by atoms with Gasteiger partial charge in [-0.2, -0.15) is 13.2 Å². The summed E-state index contributed by atoms with van der Waals surface area (Å²) in [7, 11) is -4.13. The Hall–Kier alpha value is -3.80. The molecule has 0 amide bonds. The lowest BCUT2D eigenvalue weighted by Gasteiger charge is -2.26. The second kappa shape index (κ2) is 8.65. The summed E-state index contributed by atoms with van der Waals surface area (Å²) in [6.07, 6.45) is -4.05. The molecule has 194 valence electrons. The summed E-state index contributed by atoms with van der Waals surface area (Å²) in [6, 6.07) is 13.5. The maximum Gasteiger partial charge on any atom is 0.433 e. The maximum atomic E-state index is 14.0. The molecule has 37 heavy (non-hydrogen) atoms. The van der Waals surface area contributed by atoms with E-state index < -0.39 is 28.1 Å². The van der Waals surface area contributed by atoms with Gasteiger partial charge in [0, 0.05) is 11.1 Å². The minimum absolute atomic E-state index is 0.0544. The van der Waals surface area contributed by atoms with Gasteiger partial charge in [0.05, 0.1) is 22.8 Å². The van der Waals surface area contributed by atoms with Gasteiger partial charge in [-0.3, -0.25) is 9.73 Å². The van der Waals surface area contributed by atoms with E-state index in [0.717, 1.165) is 11.6 Å². The van der Waals surface area contributed by atoms with Crippen LogP contribution < -0.4 is 15.0 Å². The van der Waals surface area contributed by atoms with Gasteiger partial charge >= 0.3 is 6.18 Å². The number of aromatic nitrogens is 1. The molecule has 0 bridgehead atoms. The van der Waals surface area contributed by atoms with Crippen molar-refractivity contribution in [2.24, 2.45) is 5.10 Å². The number of sulfonamides is 1. The van der Waals surface area contributed by atoms with Gasteiger partial charge in [-0.05, 0) is 41.3 Å². The van der Waals surface area contributed by atoms with E-state index in [2.05, 4.69) is 20.8 Å². The average Bonchev–Trinajstić information content (AvgIpc) is 3.31. The van der Waals surface area contributed by atoms with Crippen LogP contribution in [0.5, 0.6) is 0 Å². The number of pyridine rings is 1. The van der Waals surface area contributed by atoms with Crippen molar-refractivity contribution in [2.75, 3.05) is 9.62 Å². The van der Waals surface area contributed by atoms with Crippen molar-refractivity contribution in [3.63, 3.8) is 0 Å². The van der Waals surface area contributed by atoms with Crippen LogP contribution in [0.2, 0.25) is 0 Å². The summed E-state index contributed by atoms with van der Waals surface area (Å²) < 4.78 is 74.5. The molecule has 0 saturated carbocycles. The molecule has 12 heteroatoms. The van der Waals surface area contributed by atoms with Crippen LogP contribution >= 0.6 is 0 Å². The summed E-state index contributed by atoms with van der Waals surface area (Å²) in [5.74, 6) is -0.0665. The van der Waals surface area contributed by atoms with Crippen molar-refractivity contribution in [2.45, 2.75) is 50.0 Å². The van der Waals surface area contributed by atoms with Crippen molar-refractivity contribution in [3.05, 3.63) is 77.0 Å². The predicted octanol–water partition coefficient (Wildman–Crippen LogP) is 5.41.